The van der Waals surface area contributed by atoms with E-state index < -0.39 is 0 Å². The topological polar surface area (TPSA) is 84.1 Å². The number of benzene rings is 1. The van der Waals surface area contributed by atoms with Crippen LogP contribution >= 0.6 is 11.8 Å². The van der Waals surface area contributed by atoms with E-state index in [1.54, 1.807) is 11.8 Å². The van der Waals surface area contributed by atoms with E-state index in [1.807, 2.05) is 42.7 Å². The van der Waals surface area contributed by atoms with E-state index >= 15 is 0 Å². The van der Waals surface area contributed by atoms with Crippen molar-refractivity contribution in [3.8, 4) is 0 Å². The van der Waals surface area contributed by atoms with Crippen LogP contribution in [0.4, 0.5) is 11.6 Å². The van der Waals surface area contributed by atoms with Crippen molar-refractivity contribution in [2.24, 2.45) is 0 Å². The molecule has 134 valence electrons. The molecule has 0 bridgehead atoms. The van der Waals surface area contributed by atoms with E-state index in [-0.39, 0.29) is 0 Å². The SMILES string of the molecule is CSc1ccc(N2CCN(Cc3nc(N)c4ccccc4n3)CC2)nn1. The maximum Gasteiger partial charge on any atom is 0.151 e. The number of anilines is 2. The predicted octanol–water partition coefficient (Wildman–Crippen LogP) is 2.05. The van der Waals surface area contributed by atoms with Gasteiger partial charge < -0.3 is 10.6 Å². The first-order valence-corrected chi connectivity index (χ1v) is 9.81. The average molecular weight is 367 g/mol. The Hall–Kier alpha value is -2.45. The Morgan fingerprint density at radius 1 is 1.00 bits per heavy atom. The zero-order chi connectivity index (χ0) is 17.9. The van der Waals surface area contributed by atoms with Crippen LogP contribution < -0.4 is 10.6 Å². The minimum atomic E-state index is 0.549. The van der Waals surface area contributed by atoms with Gasteiger partial charge in [-0.3, -0.25) is 4.90 Å². The van der Waals surface area contributed by atoms with Crippen LogP contribution in [-0.2, 0) is 6.54 Å². The summed E-state index contributed by atoms with van der Waals surface area (Å²) in [5, 5.41) is 10.4. The number of piperazine rings is 1. The molecule has 8 heteroatoms. The lowest BCUT2D eigenvalue weighted by molar-refractivity contribution is 0.243. The number of rotatable bonds is 4. The number of hydrogen-bond acceptors (Lipinski definition) is 8. The van der Waals surface area contributed by atoms with Gasteiger partial charge in [0, 0.05) is 31.6 Å². The molecule has 0 atom stereocenters. The quantitative estimate of drug-likeness (QED) is 0.702. The summed E-state index contributed by atoms with van der Waals surface area (Å²) in [6, 6.07) is 11.9. The van der Waals surface area contributed by atoms with E-state index in [2.05, 4.69) is 30.0 Å². The van der Waals surface area contributed by atoms with Crippen LogP contribution in [0, 0.1) is 0 Å². The highest BCUT2D eigenvalue weighted by molar-refractivity contribution is 7.98. The average Bonchev–Trinajstić information content (AvgIpc) is 2.69. The lowest BCUT2D eigenvalue weighted by atomic mass is 10.2. The molecule has 3 heterocycles. The molecule has 26 heavy (non-hydrogen) atoms. The zero-order valence-corrected chi connectivity index (χ0v) is 15.5. The van der Waals surface area contributed by atoms with Gasteiger partial charge in [0.1, 0.15) is 16.7 Å². The van der Waals surface area contributed by atoms with E-state index in [0.717, 1.165) is 53.8 Å². The summed E-state index contributed by atoms with van der Waals surface area (Å²) >= 11 is 1.60. The Kier molecular flexibility index (Phi) is 4.85. The van der Waals surface area contributed by atoms with Crippen LogP contribution in [0.3, 0.4) is 0 Å². The van der Waals surface area contributed by atoms with Crippen LogP contribution in [-0.4, -0.2) is 57.5 Å². The van der Waals surface area contributed by atoms with Crippen molar-refractivity contribution in [1.29, 1.82) is 0 Å². The summed E-state index contributed by atoms with van der Waals surface area (Å²) < 4.78 is 0. The number of nitrogen functional groups attached to an aromatic ring is 1. The van der Waals surface area contributed by atoms with Crippen LogP contribution in [0.1, 0.15) is 5.82 Å². The Labute approximate surface area is 156 Å². The van der Waals surface area contributed by atoms with Gasteiger partial charge in [0.05, 0.1) is 12.1 Å². The largest absolute Gasteiger partial charge is 0.383 e. The molecular formula is C18H21N7S. The monoisotopic (exact) mass is 367 g/mol. The minimum Gasteiger partial charge on any atom is -0.383 e. The fraction of sp³-hybridized carbons (Fsp3) is 0.333. The molecule has 0 aliphatic carbocycles. The van der Waals surface area contributed by atoms with Gasteiger partial charge in [-0.1, -0.05) is 12.1 Å². The number of thioether (sulfide) groups is 1. The predicted molar refractivity (Wildman–Crippen MR) is 105 cm³/mol. The molecular weight excluding hydrogens is 346 g/mol. The minimum absolute atomic E-state index is 0.549. The van der Waals surface area contributed by atoms with E-state index in [9.17, 15) is 0 Å². The summed E-state index contributed by atoms with van der Waals surface area (Å²) in [6.45, 7) is 4.40. The highest BCUT2D eigenvalue weighted by Gasteiger charge is 2.19. The fourth-order valence-electron chi connectivity index (χ4n) is 3.15. The molecule has 7 nitrogen and oxygen atoms in total. The van der Waals surface area contributed by atoms with Crippen molar-refractivity contribution in [1.82, 2.24) is 25.1 Å². The van der Waals surface area contributed by atoms with Crippen LogP contribution in [0.5, 0.6) is 0 Å². The van der Waals surface area contributed by atoms with Crippen molar-refractivity contribution in [2.75, 3.05) is 43.1 Å². The summed E-state index contributed by atoms with van der Waals surface area (Å²) in [5.74, 6) is 2.26. The molecule has 0 radical (unpaired) electrons. The van der Waals surface area contributed by atoms with Crippen LogP contribution in [0.15, 0.2) is 41.4 Å². The van der Waals surface area contributed by atoms with Crippen molar-refractivity contribution in [3.63, 3.8) is 0 Å². The summed E-state index contributed by atoms with van der Waals surface area (Å²) in [6.07, 6.45) is 2.00. The normalized spacial score (nSPS) is 15.5. The summed E-state index contributed by atoms with van der Waals surface area (Å²) in [7, 11) is 0. The molecule has 2 N–H and O–H groups in total. The number of nitrogens with two attached hydrogens (primary N) is 1. The molecule has 1 aliphatic rings. The van der Waals surface area contributed by atoms with Gasteiger partial charge in [-0.05, 0) is 30.5 Å². The molecule has 1 aliphatic heterocycles. The third-order valence-electron chi connectivity index (χ3n) is 4.58. The van der Waals surface area contributed by atoms with Gasteiger partial charge in [-0.25, -0.2) is 9.97 Å². The molecule has 1 saturated heterocycles. The number of aromatic nitrogens is 4. The van der Waals surface area contributed by atoms with Crippen molar-refractivity contribution in [3.05, 3.63) is 42.2 Å². The molecule has 0 amide bonds. The van der Waals surface area contributed by atoms with E-state index in [0.29, 0.717) is 12.4 Å². The number of fused-ring (bicyclic) bond motifs is 1. The highest BCUT2D eigenvalue weighted by Crippen LogP contribution is 2.19. The first-order chi connectivity index (χ1) is 12.7. The second-order valence-corrected chi connectivity index (χ2v) is 7.07. The molecule has 3 aromatic rings. The van der Waals surface area contributed by atoms with Crippen LogP contribution in [0.2, 0.25) is 0 Å². The highest BCUT2D eigenvalue weighted by atomic mass is 32.2. The fourth-order valence-corrected chi connectivity index (χ4v) is 3.47. The second-order valence-electron chi connectivity index (χ2n) is 6.24. The van der Waals surface area contributed by atoms with Gasteiger partial charge in [-0.2, -0.15) is 0 Å². The number of nitrogens with zero attached hydrogens (tertiary/aromatic N) is 6. The molecule has 0 spiro atoms. The first-order valence-electron chi connectivity index (χ1n) is 8.59. The summed E-state index contributed by atoms with van der Waals surface area (Å²) in [5.41, 5.74) is 6.99. The maximum absolute atomic E-state index is 6.09. The molecule has 1 aromatic carbocycles. The van der Waals surface area contributed by atoms with Crippen molar-refractivity contribution >= 4 is 34.3 Å². The van der Waals surface area contributed by atoms with Gasteiger partial charge >= 0.3 is 0 Å². The summed E-state index contributed by atoms with van der Waals surface area (Å²) in [4.78, 5) is 13.8. The number of para-hydroxylation sites is 1. The van der Waals surface area contributed by atoms with Crippen molar-refractivity contribution in [2.45, 2.75) is 11.6 Å². The van der Waals surface area contributed by atoms with Crippen LogP contribution in [0.25, 0.3) is 10.9 Å². The maximum atomic E-state index is 6.09. The second kappa shape index (κ2) is 7.43. The van der Waals surface area contributed by atoms with E-state index in [1.165, 1.54) is 0 Å². The first kappa shape index (κ1) is 17.0. The van der Waals surface area contributed by atoms with E-state index in [4.69, 9.17) is 5.73 Å². The molecule has 0 saturated carbocycles. The third kappa shape index (κ3) is 3.56. The molecule has 2 aromatic heterocycles. The van der Waals surface area contributed by atoms with Gasteiger partial charge in [0.15, 0.2) is 5.82 Å². The van der Waals surface area contributed by atoms with Crippen molar-refractivity contribution < 1.29 is 0 Å². The zero-order valence-electron chi connectivity index (χ0n) is 14.7. The number of hydrogen-bond donors (Lipinski definition) is 1. The van der Waals surface area contributed by atoms with Gasteiger partial charge in [-0.15, -0.1) is 22.0 Å². The lowest BCUT2D eigenvalue weighted by Gasteiger charge is -2.34. The molecule has 1 fully saturated rings. The molecule has 0 unspecified atom stereocenters. The third-order valence-corrected chi connectivity index (χ3v) is 5.21. The Morgan fingerprint density at radius 3 is 2.54 bits per heavy atom. The lowest BCUT2D eigenvalue weighted by Crippen LogP contribution is -2.46. The Balaban J connectivity index is 1.40. The smallest absolute Gasteiger partial charge is 0.151 e. The van der Waals surface area contributed by atoms with Gasteiger partial charge in [0.2, 0.25) is 0 Å². The Morgan fingerprint density at radius 2 is 1.81 bits per heavy atom. The van der Waals surface area contributed by atoms with Gasteiger partial charge in [0.25, 0.3) is 0 Å². The Bertz CT molecular complexity index is 892. The standard InChI is InChI=1S/C18H21N7S/c1-26-17-7-6-16(22-23-17)25-10-8-24(9-11-25)12-15-20-14-5-3-2-4-13(14)18(19)21-15/h2-7H,8-12H2,1H3,(H2,19,20,21). The molecule has 4 rings (SSSR count).